The summed E-state index contributed by atoms with van der Waals surface area (Å²) in [6, 6.07) is 0. The van der Waals surface area contributed by atoms with Crippen LogP contribution in [0.3, 0.4) is 0 Å². The molecule has 11 atom stereocenters. The third-order valence-electron chi connectivity index (χ3n) is 14.7. The van der Waals surface area contributed by atoms with Crippen molar-refractivity contribution in [2.75, 3.05) is 0 Å². The Morgan fingerprint density at radius 2 is 1.53 bits per heavy atom. The predicted molar refractivity (Wildman–Crippen MR) is 145 cm³/mol. The van der Waals surface area contributed by atoms with Crippen molar-refractivity contribution in [2.45, 2.75) is 119 Å². The number of hydrogen-bond donors (Lipinski definition) is 1. The van der Waals surface area contributed by atoms with Crippen molar-refractivity contribution in [3.05, 3.63) is 24.5 Å². The second kappa shape index (κ2) is 7.64. The monoisotopic (exact) mass is 466 g/mol. The van der Waals surface area contributed by atoms with Gasteiger partial charge >= 0.3 is 0 Å². The van der Waals surface area contributed by atoms with E-state index in [9.17, 15) is 5.11 Å². The molecule has 34 heavy (non-hydrogen) atoms. The molecule has 0 spiro atoms. The molecule has 0 aromatic rings. The molecule has 0 aliphatic heterocycles. The van der Waals surface area contributed by atoms with Gasteiger partial charge in [-0.2, -0.15) is 0 Å². The molecule has 0 saturated heterocycles. The largest absolute Gasteiger partial charge is 0.512 e. The maximum Gasteiger partial charge on any atom is 0.0915 e. The fourth-order valence-corrected chi connectivity index (χ4v) is 12.2. The molecule has 1 N–H and O–H groups in total. The van der Waals surface area contributed by atoms with Gasteiger partial charge in [0, 0.05) is 5.41 Å². The molecule has 4 unspecified atom stereocenters. The van der Waals surface area contributed by atoms with Crippen LogP contribution in [0.5, 0.6) is 0 Å². The van der Waals surface area contributed by atoms with Gasteiger partial charge in [-0.1, -0.05) is 66.7 Å². The van der Waals surface area contributed by atoms with Crippen LogP contribution in [0.4, 0.5) is 0 Å². The highest BCUT2D eigenvalue weighted by Gasteiger charge is 2.71. The van der Waals surface area contributed by atoms with Crippen molar-refractivity contribution in [3.8, 4) is 0 Å². The lowest BCUT2D eigenvalue weighted by Crippen LogP contribution is -2.66. The summed E-state index contributed by atoms with van der Waals surface area (Å²) in [5.74, 6) is 4.85. The summed E-state index contributed by atoms with van der Waals surface area (Å²) < 4.78 is 0. The number of aliphatic hydroxyl groups excluding tert-OH is 1. The summed E-state index contributed by atoms with van der Waals surface area (Å²) in [5.41, 5.74) is 3.04. The lowest BCUT2D eigenvalue weighted by Gasteiger charge is -2.73. The molecule has 5 aliphatic carbocycles. The van der Waals surface area contributed by atoms with E-state index in [1.807, 2.05) is 0 Å². The highest BCUT2D eigenvalue weighted by Crippen LogP contribution is 2.78. The molecule has 1 heteroatoms. The van der Waals surface area contributed by atoms with E-state index in [1.54, 1.807) is 0 Å². The number of aliphatic hydroxyl groups is 1. The van der Waals surface area contributed by atoms with Crippen molar-refractivity contribution in [3.63, 3.8) is 0 Å². The van der Waals surface area contributed by atoms with Gasteiger partial charge in [-0.15, -0.1) is 0 Å². The maximum atomic E-state index is 11.0. The van der Waals surface area contributed by atoms with E-state index < -0.39 is 0 Å². The summed E-state index contributed by atoms with van der Waals surface area (Å²) in [5, 5.41) is 11.0. The van der Waals surface area contributed by atoms with Crippen LogP contribution in [0.15, 0.2) is 24.5 Å². The molecule has 0 amide bonds. The Morgan fingerprint density at radius 3 is 2.15 bits per heavy atom. The fraction of sp³-hybridized carbons (Fsp3) is 0.879. The molecule has 1 nitrogen and oxygen atoms in total. The van der Waals surface area contributed by atoms with E-state index in [4.69, 9.17) is 0 Å². The zero-order chi connectivity index (χ0) is 24.9. The van der Waals surface area contributed by atoms with Crippen molar-refractivity contribution < 1.29 is 5.11 Å². The highest BCUT2D eigenvalue weighted by atomic mass is 16.3. The summed E-state index contributed by atoms with van der Waals surface area (Å²) in [7, 11) is 0. The minimum Gasteiger partial charge on any atom is -0.512 e. The van der Waals surface area contributed by atoms with E-state index in [0.29, 0.717) is 45.2 Å². The van der Waals surface area contributed by atoms with Crippen LogP contribution >= 0.6 is 0 Å². The number of allylic oxidation sites excluding steroid dienone is 2. The van der Waals surface area contributed by atoms with Gasteiger partial charge in [0.05, 0.1) is 5.76 Å². The lowest BCUT2D eigenvalue weighted by molar-refractivity contribution is -0.243. The first kappa shape index (κ1) is 25.0. The predicted octanol–water partition coefficient (Wildman–Crippen LogP) is 9.74. The molecular formula is C33H54O. The van der Waals surface area contributed by atoms with Crippen LogP contribution in [0.1, 0.15) is 119 Å². The summed E-state index contributed by atoms with van der Waals surface area (Å²) >= 11 is 0. The van der Waals surface area contributed by atoms with Crippen molar-refractivity contribution in [2.24, 2.45) is 62.6 Å². The highest BCUT2D eigenvalue weighted by molar-refractivity contribution is 5.25. The quantitative estimate of drug-likeness (QED) is 0.324. The van der Waals surface area contributed by atoms with Crippen LogP contribution in [0.25, 0.3) is 0 Å². The van der Waals surface area contributed by atoms with Crippen molar-refractivity contribution in [1.82, 2.24) is 0 Å². The topological polar surface area (TPSA) is 20.2 Å². The standard InChI is InChI=1S/C33H54O/c1-10-29(6)22(4)13-16-30(7)26(29)15-17-32(9)27(30)12-11-25-28-24(21(2)3)14-18-33(28,23(5)34)20-19-31(25,32)8/h22,24-28,34H,2,5,10-20H2,1,3-4,6-9H3/t22-,24?,25?,26-,27?,28?,29+,30-,31+,32+,33+/m0/s1. The zero-order valence-corrected chi connectivity index (χ0v) is 23.6. The van der Waals surface area contributed by atoms with Crippen LogP contribution in [0.2, 0.25) is 0 Å². The van der Waals surface area contributed by atoms with Gasteiger partial charge < -0.3 is 5.11 Å². The number of rotatable bonds is 3. The molecule has 5 fully saturated rings. The van der Waals surface area contributed by atoms with Crippen LogP contribution in [0, 0.1) is 62.6 Å². The molecule has 0 aromatic carbocycles. The van der Waals surface area contributed by atoms with Gasteiger partial charge in [0.25, 0.3) is 0 Å². The first-order chi connectivity index (χ1) is 15.8. The molecule has 5 aliphatic rings. The van der Waals surface area contributed by atoms with Crippen LogP contribution in [-0.2, 0) is 0 Å². The summed E-state index contributed by atoms with van der Waals surface area (Å²) in [6.07, 6.45) is 14.5. The molecule has 0 aromatic heterocycles. The fourth-order valence-electron chi connectivity index (χ4n) is 12.2. The molecule has 0 radical (unpaired) electrons. The normalized spacial score (nSPS) is 56.6. The van der Waals surface area contributed by atoms with Gasteiger partial charge in [0.15, 0.2) is 0 Å². The minimum atomic E-state index is -0.0564. The average molecular weight is 467 g/mol. The van der Waals surface area contributed by atoms with Crippen LogP contribution < -0.4 is 0 Å². The Hall–Kier alpha value is -0.720. The lowest BCUT2D eigenvalue weighted by atomic mass is 9.31. The van der Waals surface area contributed by atoms with E-state index in [0.717, 1.165) is 30.6 Å². The Morgan fingerprint density at radius 1 is 0.824 bits per heavy atom. The molecule has 0 bridgehead atoms. The number of hydrogen-bond acceptors (Lipinski definition) is 1. The van der Waals surface area contributed by atoms with Crippen LogP contribution in [-0.4, -0.2) is 5.11 Å². The SMILES string of the molecule is C=C(C)C1CC[C@]2(C(=C)O)CC[C@]3(C)C(CCC4[C@@]5(C)CC[C@H](C)[C@@](C)(CC)[C@@H]5CC[C@]43C)C12. The Bertz CT molecular complexity index is 872. The third kappa shape index (κ3) is 2.80. The van der Waals surface area contributed by atoms with Crippen molar-refractivity contribution in [1.29, 1.82) is 0 Å². The summed E-state index contributed by atoms with van der Waals surface area (Å²) in [4.78, 5) is 0. The average Bonchev–Trinajstić information content (AvgIpc) is 3.18. The van der Waals surface area contributed by atoms with Gasteiger partial charge in [0.2, 0.25) is 0 Å². The smallest absolute Gasteiger partial charge is 0.0915 e. The molecule has 0 heterocycles. The minimum absolute atomic E-state index is 0.0564. The maximum absolute atomic E-state index is 11.0. The van der Waals surface area contributed by atoms with E-state index in [2.05, 4.69) is 61.6 Å². The Balaban J connectivity index is 1.56. The van der Waals surface area contributed by atoms with Gasteiger partial charge in [-0.3, -0.25) is 0 Å². The summed E-state index contributed by atoms with van der Waals surface area (Å²) in [6.45, 7) is 26.7. The first-order valence-electron chi connectivity index (χ1n) is 14.9. The molecule has 5 rings (SSSR count). The second-order valence-corrected chi connectivity index (χ2v) is 15.1. The molecular weight excluding hydrogens is 412 g/mol. The molecule has 5 saturated carbocycles. The Labute approximate surface area is 211 Å². The second-order valence-electron chi connectivity index (χ2n) is 15.1. The van der Waals surface area contributed by atoms with Gasteiger partial charge in [-0.25, -0.2) is 0 Å². The first-order valence-corrected chi connectivity index (χ1v) is 14.9. The van der Waals surface area contributed by atoms with E-state index in [1.165, 1.54) is 63.4 Å². The van der Waals surface area contributed by atoms with Gasteiger partial charge in [0.1, 0.15) is 0 Å². The van der Waals surface area contributed by atoms with Gasteiger partial charge in [-0.05, 0) is 128 Å². The zero-order valence-electron chi connectivity index (χ0n) is 23.6. The third-order valence-corrected chi connectivity index (χ3v) is 14.7. The van der Waals surface area contributed by atoms with E-state index in [-0.39, 0.29) is 5.41 Å². The number of fused-ring (bicyclic) bond motifs is 7. The molecule has 192 valence electrons. The Kier molecular flexibility index (Phi) is 5.61. The van der Waals surface area contributed by atoms with E-state index >= 15 is 0 Å². The van der Waals surface area contributed by atoms with Crippen molar-refractivity contribution >= 4 is 0 Å².